The molecule has 0 atom stereocenters. The highest BCUT2D eigenvalue weighted by Gasteiger charge is 2.16. The van der Waals surface area contributed by atoms with Gasteiger partial charge in [-0.3, -0.25) is 14.9 Å². The van der Waals surface area contributed by atoms with Gasteiger partial charge in [-0.25, -0.2) is 0 Å². The molecule has 6 nitrogen and oxygen atoms in total. The first-order valence-corrected chi connectivity index (χ1v) is 9.03. The fourth-order valence-corrected chi connectivity index (χ4v) is 3.17. The van der Waals surface area contributed by atoms with Crippen LogP contribution in [0.2, 0.25) is 0 Å². The maximum atomic E-state index is 12.5. The van der Waals surface area contributed by atoms with Crippen LogP contribution >= 0.6 is 11.8 Å². The Balaban J connectivity index is 1.81. The van der Waals surface area contributed by atoms with E-state index in [0.717, 1.165) is 16.5 Å². The van der Waals surface area contributed by atoms with Crippen LogP contribution in [-0.2, 0) is 0 Å². The minimum atomic E-state index is -0.602. The van der Waals surface area contributed by atoms with Gasteiger partial charge in [0, 0.05) is 28.7 Å². The first-order valence-electron chi connectivity index (χ1n) is 8.21. The van der Waals surface area contributed by atoms with Crippen LogP contribution in [0.3, 0.4) is 0 Å². The van der Waals surface area contributed by atoms with Crippen LogP contribution in [0.1, 0.15) is 21.7 Å². The maximum Gasteiger partial charge on any atom is 0.270 e. The number of rotatable bonds is 6. The smallest absolute Gasteiger partial charge is 0.270 e. The van der Waals surface area contributed by atoms with Gasteiger partial charge in [-0.2, -0.15) is 5.26 Å². The van der Waals surface area contributed by atoms with Gasteiger partial charge < -0.3 is 4.42 Å². The standard InChI is InChI=1S/C21H14N2O4S/c1-14-5-8-19(9-6-14)28-20-10-7-18(27-20)12-16(13-22)21(24)15-3-2-4-17(11-15)23(25)26/h2-12H,1H3. The van der Waals surface area contributed by atoms with Crippen LogP contribution in [0.5, 0.6) is 0 Å². The number of aryl methyl sites for hydroxylation is 1. The van der Waals surface area contributed by atoms with Gasteiger partial charge >= 0.3 is 0 Å². The summed E-state index contributed by atoms with van der Waals surface area (Å²) in [5, 5.41) is 20.8. The molecule has 0 unspecified atom stereocenters. The summed E-state index contributed by atoms with van der Waals surface area (Å²) in [6, 6.07) is 18.5. The van der Waals surface area contributed by atoms with Crippen molar-refractivity contribution in [2.45, 2.75) is 16.9 Å². The first kappa shape index (κ1) is 19.1. The monoisotopic (exact) mass is 390 g/mol. The molecule has 1 heterocycles. The molecule has 3 aromatic rings. The zero-order valence-electron chi connectivity index (χ0n) is 14.8. The number of nitro benzene ring substituents is 1. The Bertz CT molecular complexity index is 1110. The Hall–Kier alpha value is -3.63. The van der Waals surface area contributed by atoms with Crippen molar-refractivity contribution < 1.29 is 14.1 Å². The molecule has 0 aliphatic heterocycles. The van der Waals surface area contributed by atoms with E-state index >= 15 is 0 Å². The number of benzene rings is 2. The van der Waals surface area contributed by atoms with Crippen molar-refractivity contribution in [3.05, 3.63) is 93.2 Å². The second kappa shape index (κ2) is 8.37. The fourth-order valence-electron chi connectivity index (χ4n) is 2.40. The highest BCUT2D eigenvalue weighted by molar-refractivity contribution is 7.99. The summed E-state index contributed by atoms with van der Waals surface area (Å²) in [4.78, 5) is 23.8. The second-order valence-corrected chi connectivity index (χ2v) is 6.96. The minimum Gasteiger partial charge on any atom is -0.450 e. The third kappa shape index (κ3) is 4.55. The van der Waals surface area contributed by atoms with E-state index in [0.29, 0.717) is 10.9 Å². The average molecular weight is 390 g/mol. The summed E-state index contributed by atoms with van der Waals surface area (Å²) in [6.07, 6.45) is 1.33. The predicted molar refractivity (Wildman–Crippen MR) is 105 cm³/mol. The molecule has 138 valence electrons. The molecule has 0 aliphatic rings. The number of carbonyl (C=O) groups excluding carboxylic acids is 1. The number of hydrogen-bond acceptors (Lipinski definition) is 6. The lowest BCUT2D eigenvalue weighted by atomic mass is 10.0. The van der Waals surface area contributed by atoms with Gasteiger partial charge in [0.1, 0.15) is 17.4 Å². The number of furan rings is 1. The van der Waals surface area contributed by atoms with Crippen LogP contribution in [0.25, 0.3) is 6.08 Å². The summed E-state index contributed by atoms with van der Waals surface area (Å²) in [5.74, 6) is -0.250. The normalized spacial score (nSPS) is 11.1. The summed E-state index contributed by atoms with van der Waals surface area (Å²) in [6.45, 7) is 2.01. The van der Waals surface area contributed by atoms with Gasteiger partial charge in [0.25, 0.3) is 5.69 Å². The third-order valence-electron chi connectivity index (χ3n) is 3.81. The van der Waals surface area contributed by atoms with Gasteiger partial charge in [0.05, 0.1) is 4.92 Å². The molecule has 0 saturated carbocycles. The van der Waals surface area contributed by atoms with Crippen LogP contribution in [-0.4, -0.2) is 10.7 Å². The van der Waals surface area contributed by atoms with E-state index in [1.807, 2.05) is 37.3 Å². The molecule has 3 rings (SSSR count). The lowest BCUT2D eigenvalue weighted by Gasteiger charge is -2.00. The van der Waals surface area contributed by atoms with E-state index < -0.39 is 10.7 Å². The van der Waals surface area contributed by atoms with Gasteiger partial charge in [-0.15, -0.1) is 0 Å². The van der Waals surface area contributed by atoms with E-state index in [-0.39, 0.29) is 16.8 Å². The molecule has 7 heteroatoms. The molecule has 0 N–H and O–H groups in total. The Morgan fingerprint density at radius 1 is 1.18 bits per heavy atom. The number of allylic oxidation sites excluding steroid dienone is 1. The first-order chi connectivity index (χ1) is 13.5. The topological polar surface area (TPSA) is 97.1 Å². The van der Waals surface area contributed by atoms with E-state index in [9.17, 15) is 20.2 Å². The molecule has 0 amide bonds. The van der Waals surface area contributed by atoms with Gasteiger partial charge in [0.2, 0.25) is 5.78 Å². The summed E-state index contributed by atoms with van der Waals surface area (Å²) >= 11 is 1.42. The van der Waals surface area contributed by atoms with Gasteiger partial charge in [-0.05, 0) is 31.2 Å². The molecule has 0 aliphatic carbocycles. The zero-order chi connectivity index (χ0) is 20.1. The van der Waals surface area contributed by atoms with Crippen LogP contribution in [0.4, 0.5) is 5.69 Å². The Morgan fingerprint density at radius 2 is 1.93 bits per heavy atom. The molecule has 0 bridgehead atoms. The second-order valence-electron chi connectivity index (χ2n) is 5.88. The molecular formula is C21H14N2O4S. The van der Waals surface area contributed by atoms with Gasteiger partial charge in [-0.1, -0.05) is 41.6 Å². The fraction of sp³-hybridized carbons (Fsp3) is 0.0476. The molecular weight excluding hydrogens is 376 g/mol. The number of nitriles is 1. The number of nitrogens with zero attached hydrogens (tertiary/aromatic N) is 2. The lowest BCUT2D eigenvalue weighted by Crippen LogP contribution is -2.02. The Labute approximate surface area is 165 Å². The molecule has 28 heavy (non-hydrogen) atoms. The molecule has 0 fully saturated rings. The molecule has 0 saturated heterocycles. The number of ketones is 1. The minimum absolute atomic E-state index is 0.0720. The maximum absolute atomic E-state index is 12.5. The van der Waals surface area contributed by atoms with Crippen molar-refractivity contribution in [3.63, 3.8) is 0 Å². The number of nitro groups is 1. The van der Waals surface area contributed by atoms with Crippen LogP contribution < -0.4 is 0 Å². The van der Waals surface area contributed by atoms with E-state index in [2.05, 4.69) is 0 Å². The number of hydrogen-bond donors (Lipinski definition) is 0. The number of non-ortho nitro benzene ring substituents is 1. The quantitative estimate of drug-likeness (QED) is 0.183. The SMILES string of the molecule is Cc1ccc(Sc2ccc(C=C(C#N)C(=O)c3cccc([N+](=O)[O-])c3)o2)cc1. The molecule has 2 aromatic carbocycles. The van der Waals surface area contributed by atoms with Crippen molar-refractivity contribution in [1.29, 1.82) is 5.26 Å². The summed E-state index contributed by atoms with van der Waals surface area (Å²) in [5.41, 5.74) is 0.855. The molecule has 1 aromatic heterocycles. The molecule has 0 spiro atoms. The average Bonchev–Trinajstić information content (AvgIpc) is 3.14. The number of Topliss-reactive ketones (excluding diaryl/α,β-unsaturated/α-hetero) is 1. The summed E-state index contributed by atoms with van der Waals surface area (Å²) < 4.78 is 5.67. The van der Waals surface area contributed by atoms with Crippen molar-refractivity contribution in [3.8, 4) is 6.07 Å². The van der Waals surface area contributed by atoms with Crippen LogP contribution in [0.15, 0.2) is 80.6 Å². The van der Waals surface area contributed by atoms with Crippen molar-refractivity contribution in [2.24, 2.45) is 0 Å². The van der Waals surface area contributed by atoms with E-state index in [1.165, 1.54) is 36.0 Å². The zero-order valence-corrected chi connectivity index (χ0v) is 15.6. The van der Waals surface area contributed by atoms with Gasteiger partial charge in [0.15, 0.2) is 5.09 Å². The molecule has 0 radical (unpaired) electrons. The highest BCUT2D eigenvalue weighted by Crippen LogP contribution is 2.30. The highest BCUT2D eigenvalue weighted by atomic mass is 32.2. The largest absolute Gasteiger partial charge is 0.450 e. The van der Waals surface area contributed by atoms with Crippen molar-refractivity contribution >= 4 is 29.3 Å². The predicted octanol–water partition coefficient (Wildman–Crippen LogP) is 5.44. The van der Waals surface area contributed by atoms with E-state index in [4.69, 9.17) is 4.42 Å². The summed E-state index contributed by atoms with van der Waals surface area (Å²) in [7, 11) is 0. The third-order valence-corrected chi connectivity index (χ3v) is 4.74. The van der Waals surface area contributed by atoms with E-state index in [1.54, 1.807) is 12.1 Å². The lowest BCUT2D eigenvalue weighted by molar-refractivity contribution is -0.384. The van der Waals surface area contributed by atoms with Crippen molar-refractivity contribution in [2.75, 3.05) is 0 Å². The number of carbonyl (C=O) groups is 1. The Morgan fingerprint density at radius 3 is 2.61 bits per heavy atom. The van der Waals surface area contributed by atoms with Crippen LogP contribution in [0, 0.1) is 28.4 Å². The Kier molecular flexibility index (Phi) is 5.72. The van der Waals surface area contributed by atoms with Crippen molar-refractivity contribution in [1.82, 2.24) is 0 Å².